The van der Waals surface area contributed by atoms with Crippen molar-refractivity contribution in [2.45, 2.75) is 57.3 Å². The summed E-state index contributed by atoms with van der Waals surface area (Å²) >= 11 is 0. The number of hydrogen-bond donors (Lipinski definition) is 2. The highest BCUT2D eigenvalue weighted by atomic mass is 16.6. The highest BCUT2D eigenvalue weighted by Gasteiger charge is 2.46. The Labute approximate surface area is 161 Å². The predicted octanol–water partition coefficient (Wildman–Crippen LogP) is 3.39. The second-order valence-corrected chi connectivity index (χ2v) is 7.06. The predicted molar refractivity (Wildman–Crippen MR) is 103 cm³/mol. The van der Waals surface area contributed by atoms with Crippen LogP contribution in [-0.4, -0.2) is 46.3 Å². The van der Waals surface area contributed by atoms with Crippen molar-refractivity contribution in [2.75, 3.05) is 6.54 Å². The quantitative estimate of drug-likeness (QED) is 0.707. The molecule has 0 aliphatic carbocycles. The van der Waals surface area contributed by atoms with E-state index in [0.717, 1.165) is 17.5 Å². The Morgan fingerprint density at radius 1 is 0.963 bits per heavy atom. The van der Waals surface area contributed by atoms with Crippen LogP contribution in [0.5, 0.6) is 0 Å². The molecule has 2 aromatic carbocycles. The van der Waals surface area contributed by atoms with E-state index in [9.17, 15) is 10.3 Å². The molecule has 1 aliphatic heterocycles. The van der Waals surface area contributed by atoms with Gasteiger partial charge in [-0.15, -0.1) is 0 Å². The van der Waals surface area contributed by atoms with Crippen molar-refractivity contribution in [1.29, 1.82) is 0 Å². The molecule has 2 N–H and O–H groups in total. The summed E-state index contributed by atoms with van der Waals surface area (Å²) < 4.78 is 12.2. The van der Waals surface area contributed by atoms with Gasteiger partial charge in [0, 0.05) is 0 Å². The highest BCUT2D eigenvalue weighted by molar-refractivity contribution is 5.14. The molecule has 146 valence electrons. The molecule has 1 saturated heterocycles. The molecule has 0 amide bonds. The molecule has 5 nitrogen and oxygen atoms in total. The van der Waals surface area contributed by atoms with Crippen LogP contribution < -0.4 is 0 Å². The molecular formula is C22H29NO4. The van der Waals surface area contributed by atoms with Gasteiger partial charge in [-0.2, -0.15) is 5.06 Å². The molecule has 1 fully saturated rings. The van der Waals surface area contributed by atoms with Crippen molar-refractivity contribution >= 4 is 0 Å². The molecule has 2 aromatic rings. The summed E-state index contributed by atoms with van der Waals surface area (Å²) in [6.45, 7) is 3.20. The summed E-state index contributed by atoms with van der Waals surface area (Å²) in [5.41, 5.74) is 2.13. The first-order valence-electron chi connectivity index (χ1n) is 9.63. The largest absolute Gasteiger partial charge is 0.391 e. The van der Waals surface area contributed by atoms with Gasteiger partial charge in [-0.1, -0.05) is 74.0 Å². The van der Waals surface area contributed by atoms with E-state index in [2.05, 4.69) is 0 Å². The normalized spacial score (nSPS) is 24.2. The molecule has 27 heavy (non-hydrogen) atoms. The van der Waals surface area contributed by atoms with Crippen molar-refractivity contribution < 1.29 is 19.8 Å². The minimum atomic E-state index is -0.661. The summed E-state index contributed by atoms with van der Waals surface area (Å²) in [6.07, 6.45) is 0.0760. The SMILES string of the molecule is CCCC(O)[C@H]1[C@H](OCc2ccccc2)[C@@H](OCc2ccccc2)CN1O. The van der Waals surface area contributed by atoms with Crippen molar-refractivity contribution in [3.63, 3.8) is 0 Å². The van der Waals surface area contributed by atoms with Crippen LogP contribution in [0.15, 0.2) is 60.7 Å². The van der Waals surface area contributed by atoms with Gasteiger partial charge in [0.25, 0.3) is 0 Å². The van der Waals surface area contributed by atoms with Crippen LogP contribution in [0.4, 0.5) is 0 Å². The fraction of sp³-hybridized carbons (Fsp3) is 0.455. The first-order chi connectivity index (χ1) is 13.2. The van der Waals surface area contributed by atoms with Crippen molar-refractivity contribution in [3.8, 4) is 0 Å². The summed E-state index contributed by atoms with van der Waals surface area (Å²) in [4.78, 5) is 0. The molecule has 1 heterocycles. The molecule has 1 unspecified atom stereocenters. The zero-order chi connectivity index (χ0) is 19.1. The summed E-state index contributed by atoms with van der Waals surface area (Å²) in [5, 5.41) is 22.2. The first kappa shape index (κ1) is 20.0. The molecule has 0 aromatic heterocycles. The Morgan fingerprint density at radius 2 is 1.52 bits per heavy atom. The monoisotopic (exact) mass is 371 g/mol. The Balaban J connectivity index is 1.69. The number of rotatable bonds is 9. The average molecular weight is 371 g/mol. The van der Waals surface area contributed by atoms with E-state index >= 15 is 0 Å². The minimum Gasteiger partial charge on any atom is -0.391 e. The molecule has 0 radical (unpaired) electrons. The van der Waals surface area contributed by atoms with E-state index in [1.807, 2.05) is 67.6 Å². The average Bonchev–Trinajstić information content (AvgIpc) is 3.02. The third-order valence-corrected chi connectivity index (χ3v) is 4.99. The Hall–Kier alpha value is -1.76. The van der Waals surface area contributed by atoms with Crippen molar-refractivity contribution in [3.05, 3.63) is 71.8 Å². The third-order valence-electron chi connectivity index (χ3n) is 4.99. The molecule has 3 rings (SSSR count). The number of hydrogen-bond acceptors (Lipinski definition) is 5. The van der Waals surface area contributed by atoms with E-state index in [-0.39, 0.29) is 6.10 Å². The second-order valence-electron chi connectivity index (χ2n) is 7.06. The van der Waals surface area contributed by atoms with Crippen LogP contribution in [0.1, 0.15) is 30.9 Å². The Bertz CT molecular complexity index is 667. The van der Waals surface area contributed by atoms with E-state index in [1.165, 1.54) is 5.06 Å². The molecule has 5 heteroatoms. The lowest BCUT2D eigenvalue weighted by Crippen LogP contribution is -2.45. The highest BCUT2D eigenvalue weighted by Crippen LogP contribution is 2.28. The third kappa shape index (κ3) is 5.37. The van der Waals surface area contributed by atoms with Crippen molar-refractivity contribution in [1.82, 2.24) is 5.06 Å². The van der Waals surface area contributed by atoms with Gasteiger partial charge in [-0.05, 0) is 17.5 Å². The minimum absolute atomic E-state index is 0.310. The number of aliphatic hydroxyl groups is 1. The van der Waals surface area contributed by atoms with Crippen LogP contribution in [0.3, 0.4) is 0 Å². The second kappa shape index (κ2) is 9.97. The van der Waals surface area contributed by atoms with Gasteiger partial charge in [0.05, 0.1) is 31.9 Å². The smallest absolute Gasteiger partial charge is 0.106 e. The Kier molecular flexibility index (Phi) is 7.38. The van der Waals surface area contributed by atoms with Gasteiger partial charge in [0.2, 0.25) is 0 Å². The zero-order valence-electron chi connectivity index (χ0n) is 15.8. The summed E-state index contributed by atoms with van der Waals surface area (Å²) in [5.74, 6) is 0. The lowest BCUT2D eigenvalue weighted by Gasteiger charge is -2.29. The lowest BCUT2D eigenvalue weighted by molar-refractivity contribution is -0.157. The van der Waals surface area contributed by atoms with E-state index < -0.39 is 18.2 Å². The first-order valence-corrected chi connectivity index (χ1v) is 9.63. The zero-order valence-corrected chi connectivity index (χ0v) is 15.8. The molecule has 0 saturated carbocycles. The summed E-state index contributed by atoms with van der Waals surface area (Å²) in [6, 6.07) is 19.4. The number of nitrogens with zero attached hydrogens (tertiary/aromatic N) is 1. The van der Waals surface area contributed by atoms with Crippen LogP contribution in [-0.2, 0) is 22.7 Å². The van der Waals surface area contributed by atoms with E-state index in [0.29, 0.717) is 26.2 Å². The van der Waals surface area contributed by atoms with Gasteiger partial charge in [-0.3, -0.25) is 0 Å². The van der Waals surface area contributed by atoms with Crippen LogP contribution in [0.25, 0.3) is 0 Å². The molecular weight excluding hydrogens is 342 g/mol. The van der Waals surface area contributed by atoms with Gasteiger partial charge in [0.1, 0.15) is 12.2 Å². The molecule has 0 spiro atoms. The van der Waals surface area contributed by atoms with Gasteiger partial charge < -0.3 is 19.8 Å². The Morgan fingerprint density at radius 3 is 2.07 bits per heavy atom. The number of aliphatic hydroxyl groups excluding tert-OH is 1. The molecule has 4 atom stereocenters. The topological polar surface area (TPSA) is 62.2 Å². The van der Waals surface area contributed by atoms with Crippen molar-refractivity contribution in [2.24, 2.45) is 0 Å². The van der Waals surface area contributed by atoms with E-state index in [1.54, 1.807) is 0 Å². The maximum Gasteiger partial charge on any atom is 0.106 e. The van der Waals surface area contributed by atoms with Gasteiger partial charge in [-0.25, -0.2) is 0 Å². The molecule has 1 aliphatic rings. The number of hydroxylamine groups is 2. The number of benzene rings is 2. The fourth-order valence-electron chi connectivity index (χ4n) is 3.58. The lowest BCUT2D eigenvalue weighted by atomic mass is 10.0. The maximum absolute atomic E-state index is 10.6. The maximum atomic E-state index is 10.6. The summed E-state index contributed by atoms with van der Waals surface area (Å²) in [7, 11) is 0. The fourth-order valence-corrected chi connectivity index (χ4v) is 3.58. The van der Waals surface area contributed by atoms with Crippen LogP contribution in [0.2, 0.25) is 0 Å². The number of ether oxygens (including phenoxy) is 2. The van der Waals surface area contributed by atoms with Gasteiger partial charge >= 0.3 is 0 Å². The van der Waals surface area contributed by atoms with Crippen LogP contribution in [0, 0.1) is 0 Å². The van der Waals surface area contributed by atoms with E-state index in [4.69, 9.17) is 9.47 Å². The standard InChI is InChI=1S/C22H29NO4/c1-2-9-19(24)21-22(27-16-18-12-7-4-8-13-18)20(14-23(21)25)26-15-17-10-5-3-6-11-17/h3-8,10-13,19-22,24-25H,2,9,14-16H2,1H3/t19?,20-,21-,22+/m0/s1. The van der Waals surface area contributed by atoms with Gasteiger partial charge in [0.15, 0.2) is 0 Å². The van der Waals surface area contributed by atoms with Crippen LogP contribution >= 0.6 is 0 Å². The molecule has 0 bridgehead atoms.